The molecule has 1 aromatic heterocycles. The van der Waals surface area contributed by atoms with E-state index in [1.807, 2.05) is 50.4 Å². The van der Waals surface area contributed by atoms with Gasteiger partial charge in [0, 0.05) is 30.0 Å². The van der Waals surface area contributed by atoms with Gasteiger partial charge in [0.1, 0.15) is 0 Å². The quantitative estimate of drug-likeness (QED) is 0.772. The second kappa shape index (κ2) is 7.74. The fraction of sp³-hybridized carbons (Fsp3) is 0.333. The molecule has 0 bridgehead atoms. The van der Waals surface area contributed by atoms with Crippen LogP contribution >= 0.6 is 0 Å². The van der Waals surface area contributed by atoms with Crippen LogP contribution in [-0.4, -0.2) is 32.9 Å². The van der Waals surface area contributed by atoms with Gasteiger partial charge in [-0.25, -0.2) is 4.68 Å². The summed E-state index contributed by atoms with van der Waals surface area (Å²) < 4.78 is 1.76. The molecule has 0 aliphatic heterocycles. The second-order valence-electron chi connectivity index (χ2n) is 5.76. The van der Waals surface area contributed by atoms with Gasteiger partial charge in [0.15, 0.2) is 0 Å². The van der Waals surface area contributed by atoms with E-state index in [4.69, 9.17) is 5.11 Å². The molecule has 1 atom stereocenters. The number of amides is 1. The van der Waals surface area contributed by atoms with E-state index in [1.54, 1.807) is 17.0 Å². The molecular formula is C18H23N3O2. The molecule has 5 nitrogen and oxygen atoms in total. The Bertz CT molecular complexity index is 664. The highest BCUT2D eigenvalue weighted by Crippen LogP contribution is 2.14. The summed E-state index contributed by atoms with van der Waals surface area (Å²) in [5.41, 5.74) is 1.44. The van der Waals surface area contributed by atoms with Crippen LogP contribution in [0.25, 0.3) is 11.8 Å². The van der Waals surface area contributed by atoms with Gasteiger partial charge in [-0.15, -0.1) is 0 Å². The molecular weight excluding hydrogens is 290 g/mol. The predicted molar refractivity (Wildman–Crippen MR) is 91.1 cm³/mol. The monoisotopic (exact) mass is 313 g/mol. The summed E-state index contributed by atoms with van der Waals surface area (Å²) >= 11 is 0. The van der Waals surface area contributed by atoms with Crippen LogP contribution in [0.2, 0.25) is 0 Å². The minimum Gasteiger partial charge on any atom is -0.396 e. The largest absolute Gasteiger partial charge is 0.396 e. The molecule has 0 saturated carbocycles. The number of carbonyl (C=O) groups excluding carboxylic acids is 1. The number of rotatable bonds is 7. The normalized spacial score (nSPS) is 13.9. The third-order valence-electron chi connectivity index (χ3n) is 3.92. The van der Waals surface area contributed by atoms with E-state index in [2.05, 4.69) is 10.4 Å². The van der Waals surface area contributed by atoms with E-state index in [1.165, 1.54) is 6.08 Å². The van der Waals surface area contributed by atoms with Gasteiger partial charge in [-0.1, -0.05) is 25.1 Å². The molecule has 5 heteroatoms. The molecule has 2 rings (SSSR count). The van der Waals surface area contributed by atoms with E-state index < -0.39 is 0 Å². The van der Waals surface area contributed by atoms with E-state index in [-0.39, 0.29) is 18.1 Å². The maximum atomic E-state index is 12.0. The van der Waals surface area contributed by atoms with Crippen molar-refractivity contribution < 1.29 is 9.90 Å². The molecule has 0 aliphatic rings. The fourth-order valence-electron chi connectivity index (χ4n) is 2.23. The number of nitrogens with one attached hydrogen (secondary N) is 1. The van der Waals surface area contributed by atoms with Crippen molar-refractivity contribution in [2.24, 2.45) is 0 Å². The lowest BCUT2D eigenvalue weighted by Gasteiger charge is -2.28. The minimum absolute atomic E-state index is 0.0538. The van der Waals surface area contributed by atoms with Crippen molar-refractivity contribution in [3.05, 3.63) is 54.4 Å². The Labute approximate surface area is 136 Å². The number of hydrogen-bond acceptors (Lipinski definition) is 3. The zero-order valence-electron chi connectivity index (χ0n) is 13.6. The predicted octanol–water partition coefficient (Wildman–Crippen LogP) is 2.55. The average molecular weight is 313 g/mol. The lowest BCUT2D eigenvalue weighted by molar-refractivity contribution is -0.118. The van der Waals surface area contributed by atoms with Crippen molar-refractivity contribution in [1.82, 2.24) is 15.1 Å². The van der Waals surface area contributed by atoms with Crippen LogP contribution < -0.4 is 5.32 Å². The summed E-state index contributed by atoms with van der Waals surface area (Å²) in [7, 11) is 0. The summed E-state index contributed by atoms with van der Waals surface area (Å²) in [6.45, 7) is 3.98. The molecule has 1 aromatic carbocycles. The van der Waals surface area contributed by atoms with Crippen LogP contribution in [0.15, 0.2) is 48.8 Å². The summed E-state index contributed by atoms with van der Waals surface area (Å²) in [6.07, 6.45) is 8.11. The van der Waals surface area contributed by atoms with Crippen LogP contribution in [0.3, 0.4) is 0 Å². The summed E-state index contributed by atoms with van der Waals surface area (Å²) in [5.74, 6) is -0.171. The van der Waals surface area contributed by atoms with E-state index >= 15 is 0 Å². The molecule has 23 heavy (non-hydrogen) atoms. The van der Waals surface area contributed by atoms with Crippen molar-refractivity contribution in [1.29, 1.82) is 0 Å². The molecule has 2 N–H and O–H groups in total. The summed E-state index contributed by atoms with van der Waals surface area (Å²) in [5, 5.41) is 16.3. The molecule has 0 radical (unpaired) electrons. The van der Waals surface area contributed by atoms with Crippen molar-refractivity contribution in [3.63, 3.8) is 0 Å². The smallest absolute Gasteiger partial charge is 0.244 e. The van der Waals surface area contributed by atoms with Gasteiger partial charge >= 0.3 is 0 Å². The van der Waals surface area contributed by atoms with Crippen molar-refractivity contribution in [3.8, 4) is 5.69 Å². The molecule has 122 valence electrons. The third kappa shape index (κ3) is 4.79. The number of aliphatic hydroxyl groups is 1. The van der Waals surface area contributed by atoms with E-state index in [0.29, 0.717) is 6.42 Å². The van der Waals surface area contributed by atoms with Crippen LogP contribution in [0, 0.1) is 0 Å². The lowest BCUT2D eigenvalue weighted by Crippen LogP contribution is -2.45. The first-order chi connectivity index (χ1) is 11.1. The number of aromatic nitrogens is 2. The van der Waals surface area contributed by atoms with Crippen LogP contribution in [0.4, 0.5) is 0 Å². The van der Waals surface area contributed by atoms with Crippen LogP contribution in [-0.2, 0) is 4.79 Å². The van der Waals surface area contributed by atoms with Gasteiger partial charge < -0.3 is 10.4 Å². The number of para-hydroxylation sites is 1. The lowest BCUT2D eigenvalue weighted by atomic mass is 9.95. The van der Waals surface area contributed by atoms with Gasteiger partial charge in [0.2, 0.25) is 5.91 Å². The standard InChI is InChI=1S/C18H23N3O2/c1-3-18(2,11-12-22)20-17(23)10-9-15-13-19-21(14-15)16-7-5-4-6-8-16/h4-10,13-14,22H,3,11-12H2,1-2H3,(H,20,23)/b10-9+. The molecule has 1 heterocycles. The Hall–Kier alpha value is -2.40. The number of hydrogen-bond donors (Lipinski definition) is 2. The van der Waals surface area contributed by atoms with Gasteiger partial charge in [0.25, 0.3) is 0 Å². The Balaban J connectivity index is 2.00. The highest BCUT2D eigenvalue weighted by atomic mass is 16.3. The average Bonchev–Trinajstić information content (AvgIpc) is 3.03. The molecule has 0 fully saturated rings. The first-order valence-electron chi connectivity index (χ1n) is 7.77. The molecule has 2 aromatic rings. The Morgan fingerprint density at radius 2 is 2.13 bits per heavy atom. The molecule has 0 saturated heterocycles. The maximum Gasteiger partial charge on any atom is 0.244 e. The van der Waals surface area contributed by atoms with Crippen LogP contribution in [0.1, 0.15) is 32.3 Å². The topological polar surface area (TPSA) is 67.2 Å². The van der Waals surface area contributed by atoms with E-state index in [0.717, 1.165) is 17.7 Å². The van der Waals surface area contributed by atoms with Crippen molar-refractivity contribution in [2.45, 2.75) is 32.2 Å². The third-order valence-corrected chi connectivity index (χ3v) is 3.92. The Morgan fingerprint density at radius 3 is 2.78 bits per heavy atom. The minimum atomic E-state index is -0.385. The van der Waals surface area contributed by atoms with Gasteiger partial charge in [-0.05, 0) is 38.0 Å². The van der Waals surface area contributed by atoms with Gasteiger partial charge in [-0.3, -0.25) is 4.79 Å². The van der Waals surface area contributed by atoms with E-state index in [9.17, 15) is 4.79 Å². The molecule has 1 amide bonds. The maximum absolute atomic E-state index is 12.0. The van der Waals surface area contributed by atoms with Crippen LogP contribution in [0.5, 0.6) is 0 Å². The molecule has 0 spiro atoms. The highest BCUT2D eigenvalue weighted by Gasteiger charge is 2.22. The summed E-state index contributed by atoms with van der Waals surface area (Å²) in [6, 6.07) is 9.79. The molecule has 1 unspecified atom stereocenters. The number of nitrogens with zero attached hydrogens (tertiary/aromatic N) is 2. The number of carbonyl (C=O) groups is 1. The molecule has 0 aliphatic carbocycles. The fourth-order valence-corrected chi connectivity index (χ4v) is 2.23. The zero-order chi connectivity index (χ0) is 16.7. The summed E-state index contributed by atoms with van der Waals surface area (Å²) in [4.78, 5) is 12.0. The van der Waals surface area contributed by atoms with Crippen molar-refractivity contribution in [2.75, 3.05) is 6.61 Å². The first kappa shape index (κ1) is 17.0. The Kier molecular flexibility index (Phi) is 5.71. The Morgan fingerprint density at radius 1 is 1.39 bits per heavy atom. The number of benzene rings is 1. The highest BCUT2D eigenvalue weighted by molar-refractivity contribution is 5.92. The van der Waals surface area contributed by atoms with Crippen molar-refractivity contribution >= 4 is 12.0 Å². The first-order valence-corrected chi connectivity index (χ1v) is 7.77. The zero-order valence-corrected chi connectivity index (χ0v) is 13.6. The SMILES string of the molecule is CCC(C)(CCO)NC(=O)/C=C/c1cnn(-c2ccccc2)c1. The van der Waals surface area contributed by atoms with Gasteiger partial charge in [0.05, 0.1) is 11.9 Å². The number of aliphatic hydroxyl groups excluding tert-OH is 1. The van der Waals surface area contributed by atoms with Gasteiger partial charge in [-0.2, -0.15) is 5.10 Å². The second-order valence-corrected chi connectivity index (χ2v) is 5.76.